The van der Waals surface area contributed by atoms with E-state index in [9.17, 15) is 10.1 Å². The summed E-state index contributed by atoms with van der Waals surface area (Å²) in [6.07, 6.45) is 10.4. The smallest absolute Gasteiger partial charge is 0.251 e. The topological polar surface area (TPSA) is 118 Å². The van der Waals surface area contributed by atoms with E-state index in [1.807, 2.05) is 13.1 Å². The van der Waals surface area contributed by atoms with Crippen LogP contribution in [0.1, 0.15) is 34.0 Å². The van der Waals surface area contributed by atoms with Crippen molar-refractivity contribution in [3.05, 3.63) is 59.2 Å². The van der Waals surface area contributed by atoms with E-state index in [1.165, 1.54) is 7.11 Å². The summed E-state index contributed by atoms with van der Waals surface area (Å²) in [6.45, 7) is 2.79. The molecular weight excluding hydrogens is 382 g/mol. The molecule has 0 bridgehead atoms. The van der Waals surface area contributed by atoms with E-state index in [0.717, 1.165) is 17.8 Å². The molecule has 0 radical (unpaired) electrons. The number of hydrogen-bond donors (Lipinski definition) is 2. The van der Waals surface area contributed by atoms with Gasteiger partial charge in [-0.05, 0) is 24.6 Å². The number of carbonyl (C=O) groups is 1. The number of methoxy groups -OCH3 is 1. The molecule has 3 aromatic rings. The van der Waals surface area contributed by atoms with Crippen molar-refractivity contribution < 1.29 is 9.53 Å². The number of amides is 1. The monoisotopic (exact) mass is 403 g/mol. The van der Waals surface area contributed by atoms with Crippen LogP contribution < -0.4 is 15.4 Å². The van der Waals surface area contributed by atoms with E-state index >= 15 is 0 Å². The molecule has 2 aromatic heterocycles. The summed E-state index contributed by atoms with van der Waals surface area (Å²) in [5.41, 5.74) is 2.84. The van der Waals surface area contributed by atoms with Crippen molar-refractivity contribution in [3.63, 3.8) is 0 Å². The molecule has 0 aliphatic rings. The van der Waals surface area contributed by atoms with Crippen LogP contribution in [0.5, 0.6) is 5.75 Å². The SMILES string of the molecule is CCn1cc(Nc2ncc(/C=C/c3cc(C(=O)NC)cc(OC)c3C#N)cn2)cn1. The summed E-state index contributed by atoms with van der Waals surface area (Å²) < 4.78 is 7.07. The molecule has 0 atom stereocenters. The summed E-state index contributed by atoms with van der Waals surface area (Å²) in [6, 6.07) is 5.30. The average molecular weight is 403 g/mol. The van der Waals surface area contributed by atoms with Crippen molar-refractivity contribution in [2.45, 2.75) is 13.5 Å². The summed E-state index contributed by atoms with van der Waals surface area (Å²) in [5.74, 6) is 0.517. The Bertz CT molecular complexity index is 1110. The molecule has 0 saturated heterocycles. The molecule has 0 aliphatic carbocycles. The van der Waals surface area contributed by atoms with Crippen LogP contribution in [0.2, 0.25) is 0 Å². The van der Waals surface area contributed by atoms with Crippen molar-refractivity contribution in [2.24, 2.45) is 0 Å². The Morgan fingerprint density at radius 2 is 2.03 bits per heavy atom. The first kappa shape index (κ1) is 20.5. The van der Waals surface area contributed by atoms with Gasteiger partial charge < -0.3 is 15.4 Å². The minimum atomic E-state index is -0.266. The van der Waals surface area contributed by atoms with Gasteiger partial charge in [0.15, 0.2) is 0 Å². The number of carbonyl (C=O) groups excluding carboxylic acids is 1. The van der Waals surface area contributed by atoms with Gasteiger partial charge in [0.25, 0.3) is 5.91 Å². The second-order valence-electron chi connectivity index (χ2n) is 6.22. The molecule has 2 N–H and O–H groups in total. The molecule has 3 rings (SSSR count). The zero-order valence-corrected chi connectivity index (χ0v) is 16.9. The number of rotatable bonds is 7. The van der Waals surface area contributed by atoms with Gasteiger partial charge in [-0.3, -0.25) is 9.48 Å². The Hall–Kier alpha value is -4.19. The van der Waals surface area contributed by atoms with Crippen LogP contribution >= 0.6 is 0 Å². The van der Waals surface area contributed by atoms with Crippen LogP contribution in [-0.2, 0) is 6.54 Å². The quantitative estimate of drug-likeness (QED) is 0.623. The van der Waals surface area contributed by atoms with Gasteiger partial charge in [-0.15, -0.1) is 0 Å². The summed E-state index contributed by atoms with van der Waals surface area (Å²) in [7, 11) is 3.00. The second kappa shape index (κ2) is 9.34. The largest absolute Gasteiger partial charge is 0.495 e. The first-order valence-corrected chi connectivity index (χ1v) is 9.21. The van der Waals surface area contributed by atoms with Crippen molar-refractivity contribution in [1.29, 1.82) is 5.26 Å². The van der Waals surface area contributed by atoms with Gasteiger partial charge in [-0.2, -0.15) is 10.4 Å². The van der Waals surface area contributed by atoms with E-state index in [-0.39, 0.29) is 5.91 Å². The lowest BCUT2D eigenvalue weighted by atomic mass is 10.0. The fraction of sp³-hybridized carbons (Fsp3) is 0.190. The highest BCUT2D eigenvalue weighted by Crippen LogP contribution is 2.26. The number of anilines is 2. The molecule has 2 heterocycles. The van der Waals surface area contributed by atoms with Gasteiger partial charge in [0.1, 0.15) is 17.4 Å². The Morgan fingerprint density at radius 1 is 1.27 bits per heavy atom. The third kappa shape index (κ3) is 4.62. The van der Waals surface area contributed by atoms with Gasteiger partial charge in [0.2, 0.25) is 5.95 Å². The summed E-state index contributed by atoms with van der Waals surface area (Å²) in [4.78, 5) is 20.6. The molecular formula is C21H21N7O2. The van der Waals surface area contributed by atoms with E-state index in [2.05, 4.69) is 31.8 Å². The van der Waals surface area contributed by atoms with Gasteiger partial charge in [0.05, 0.1) is 19.0 Å². The van der Waals surface area contributed by atoms with Crippen LogP contribution in [-0.4, -0.2) is 39.8 Å². The average Bonchev–Trinajstić information content (AvgIpc) is 3.24. The van der Waals surface area contributed by atoms with Crippen molar-refractivity contribution >= 4 is 29.7 Å². The van der Waals surface area contributed by atoms with Gasteiger partial charge in [0, 0.05) is 43.3 Å². The zero-order valence-electron chi connectivity index (χ0n) is 16.9. The van der Waals surface area contributed by atoms with Crippen LogP contribution in [0.3, 0.4) is 0 Å². The second-order valence-corrected chi connectivity index (χ2v) is 6.22. The molecule has 30 heavy (non-hydrogen) atoms. The molecule has 152 valence electrons. The van der Waals surface area contributed by atoms with Crippen molar-refractivity contribution in [3.8, 4) is 11.8 Å². The van der Waals surface area contributed by atoms with E-state index in [0.29, 0.717) is 28.4 Å². The van der Waals surface area contributed by atoms with Crippen LogP contribution in [0.25, 0.3) is 12.2 Å². The Balaban J connectivity index is 1.82. The minimum absolute atomic E-state index is 0.266. The number of nitrogens with zero attached hydrogens (tertiary/aromatic N) is 5. The number of aryl methyl sites for hydroxylation is 1. The predicted molar refractivity (Wildman–Crippen MR) is 113 cm³/mol. The highest BCUT2D eigenvalue weighted by atomic mass is 16.5. The minimum Gasteiger partial charge on any atom is -0.495 e. The molecule has 0 aliphatic heterocycles. The van der Waals surface area contributed by atoms with Crippen molar-refractivity contribution in [1.82, 2.24) is 25.1 Å². The molecule has 9 heteroatoms. The number of benzene rings is 1. The maximum absolute atomic E-state index is 12.0. The van der Waals surface area contributed by atoms with Gasteiger partial charge in [-0.25, -0.2) is 9.97 Å². The molecule has 9 nitrogen and oxygen atoms in total. The fourth-order valence-electron chi connectivity index (χ4n) is 2.73. The fourth-order valence-corrected chi connectivity index (χ4v) is 2.73. The number of hydrogen-bond acceptors (Lipinski definition) is 7. The lowest BCUT2D eigenvalue weighted by molar-refractivity contribution is 0.0962. The molecule has 0 fully saturated rings. The van der Waals surface area contributed by atoms with Gasteiger partial charge in [-0.1, -0.05) is 12.2 Å². The number of nitrogens with one attached hydrogen (secondary N) is 2. The Morgan fingerprint density at radius 3 is 2.63 bits per heavy atom. The van der Waals surface area contributed by atoms with E-state index < -0.39 is 0 Å². The highest BCUT2D eigenvalue weighted by molar-refractivity contribution is 5.96. The maximum atomic E-state index is 12.0. The molecule has 0 unspecified atom stereocenters. The predicted octanol–water partition coefficient (Wildman–Crippen LogP) is 2.85. The third-order valence-corrected chi connectivity index (χ3v) is 4.29. The Kier molecular flexibility index (Phi) is 6.39. The first-order valence-electron chi connectivity index (χ1n) is 9.21. The lowest BCUT2D eigenvalue weighted by Gasteiger charge is -2.09. The lowest BCUT2D eigenvalue weighted by Crippen LogP contribution is -2.18. The molecule has 0 spiro atoms. The third-order valence-electron chi connectivity index (χ3n) is 4.29. The van der Waals surface area contributed by atoms with Crippen LogP contribution in [0.15, 0.2) is 36.9 Å². The first-order chi connectivity index (χ1) is 14.6. The summed E-state index contributed by atoms with van der Waals surface area (Å²) >= 11 is 0. The standard InChI is InChI=1S/C21H21N7O2/c1-4-28-13-17(12-26-28)27-21-24-10-14(11-25-21)5-6-15-7-16(20(29)23-2)8-19(30-3)18(15)9-22/h5-8,10-13H,4H2,1-3H3,(H,23,29)(H,24,25,27)/b6-5+. The van der Waals surface area contributed by atoms with E-state index in [1.54, 1.807) is 54.6 Å². The van der Waals surface area contributed by atoms with Crippen molar-refractivity contribution in [2.75, 3.05) is 19.5 Å². The van der Waals surface area contributed by atoms with Crippen LogP contribution in [0.4, 0.5) is 11.6 Å². The van der Waals surface area contributed by atoms with Gasteiger partial charge >= 0.3 is 0 Å². The highest BCUT2D eigenvalue weighted by Gasteiger charge is 2.13. The maximum Gasteiger partial charge on any atom is 0.251 e. The zero-order chi connectivity index (χ0) is 21.5. The normalized spacial score (nSPS) is 10.6. The number of nitriles is 1. The molecule has 1 amide bonds. The number of aromatic nitrogens is 4. The summed E-state index contributed by atoms with van der Waals surface area (Å²) in [5, 5.41) is 19.3. The number of ether oxygens (including phenoxy) is 1. The van der Waals surface area contributed by atoms with Crippen LogP contribution in [0, 0.1) is 11.3 Å². The molecule has 0 saturated carbocycles. The van der Waals surface area contributed by atoms with E-state index in [4.69, 9.17) is 4.74 Å². The molecule has 1 aromatic carbocycles. The Labute approximate surface area is 174 Å².